The summed E-state index contributed by atoms with van der Waals surface area (Å²) in [6.45, 7) is 0.195. The van der Waals surface area contributed by atoms with Gasteiger partial charge in [0.1, 0.15) is 11.4 Å². The number of hydrogen-bond donors (Lipinski definition) is 0. The third-order valence-electron chi connectivity index (χ3n) is 5.61. The maximum Gasteiger partial charge on any atom is 0.277 e. The first-order chi connectivity index (χ1) is 14.2. The molecule has 0 bridgehead atoms. The molecule has 0 N–H and O–H groups in total. The molecule has 6 rings (SSSR count). The highest BCUT2D eigenvalue weighted by Gasteiger charge is 2.40. The Hall–Kier alpha value is -3.06. The highest BCUT2D eigenvalue weighted by Crippen LogP contribution is 2.44. The highest BCUT2D eigenvalue weighted by atomic mass is 35.5. The van der Waals surface area contributed by atoms with Crippen molar-refractivity contribution >= 4 is 34.1 Å². The number of carbonyl (C=O) groups is 1. The Kier molecular flexibility index (Phi) is 3.61. The van der Waals surface area contributed by atoms with Crippen LogP contribution in [-0.4, -0.2) is 28.4 Å². The van der Waals surface area contributed by atoms with Gasteiger partial charge >= 0.3 is 0 Å². The molecule has 2 aliphatic heterocycles. The van der Waals surface area contributed by atoms with Crippen LogP contribution < -0.4 is 9.47 Å². The van der Waals surface area contributed by atoms with Crippen LogP contribution in [0.3, 0.4) is 0 Å². The van der Waals surface area contributed by atoms with Gasteiger partial charge in [0.05, 0.1) is 23.4 Å². The van der Waals surface area contributed by atoms with Crippen LogP contribution >= 0.6 is 11.6 Å². The molecule has 1 amide bonds. The fourth-order valence-electron chi connectivity index (χ4n) is 3.94. The Labute approximate surface area is 170 Å². The third kappa shape index (κ3) is 2.76. The molecule has 1 unspecified atom stereocenters. The predicted molar refractivity (Wildman–Crippen MR) is 105 cm³/mol. The number of nitrogens with zero attached hydrogens (tertiary/aromatic N) is 3. The van der Waals surface area contributed by atoms with Gasteiger partial charge in [0, 0.05) is 29.1 Å². The monoisotopic (exact) mass is 409 g/mol. The number of benzene rings is 1. The van der Waals surface area contributed by atoms with Gasteiger partial charge in [-0.05, 0) is 37.0 Å². The molecule has 3 aromatic rings. The van der Waals surface area contributed by atoms with Gasteiger partial charge in [0.25, 0.3) is 5.91 Å². The van der Waals surface area contributed by atoms with Crippen LogP contribution in [0.4, 0.5) is 0 Å². The smallest absolute Gasteiger partial charge is 0.277 e. The lowest BCUT2D eigenvalue weighted by Gasteiger charge is -2.22. The van der Waals surface area contributed by atoms with E-state index in [1.807, 2.05) is 18.2 Å². The Bertz CT molecular complexity index is 1170. The fraction of sp³-hybridized carbons (Fsp3) is 0.286. The van der Waals surface area contributed by atoms with Crippen molar-refractivity contribution in [1.82, 2.24) is 9.99 Å². The van der Waals surface area contributed by atoms with Crippen molar-refractivity contribution in [3.05, 3.63) is 53.1 Å². The molecular weight excluding hydrogens is 394 g/mol. The molecule has 146 valence electrons. The number of halogens is 1. The van der Waals surface area contributed by atoms with Crippen LogP contribution in [0.25, 0.3) is 10.9 Å². The van der Waals surface area contributed by atoms with E-state index >= 15 is 0 Å². The van der Waals surface area contributed by atoms with E-state index in [4.69, 9.17) is 25.5 Å². The van der Waals surface area contributed by atoms with Crippen LogP contribution in [0.15, 0.2) is 46.3 Å². The average molecular weight is 410 g/mol. The van der Waals surface area contributed by atoms with Crippen LogP contribution in [0.2, 0.25) is 5.15 Å². The number of fused-ring (bicyclic) bond motifs is 2. The molecule has 1 saturated carbocycles. The van der Waals surface area contributed by atoms with Crippen molar-refractivity contribution in [1.29, 1.82) is 0 Å². The number of pyridine rings is 1. The average Bonchev–Trinajstić information content (AvgIpc) is 3.13. The summed E-state index contributed by atoms with van der Waals surface area (Å²) in [7, 11) is 0. The Morgan fingerprint density at radius 2 is 2.00 bits per heavy atom. The number of hydrazone groups is 1. The molecule has 3 aliphatic rings. The topological polar surface area (TPSA) is 77.2 Å². The predicted octanol–water partition coefficient (Wildman–Crippen LogP) is 4.56. The Balaban J connectivity index is 1.43. The number of furan rings is 1. The van der Waals surface area contributed by atoms with Crippen molar-refractivity contribution in [2.45, 2.75) is 25.3 Å². The second-order valence-corrected chi connectivity index (χ2v) is 7.87. The second kappa shape index (κ2) is 6.22. The molecule has 29 heavy (non-hydrogen) atoms. The first kappa shape index (κ1) is 16.9. The van der Waals surface area contributed by atoms with Crippen molar-refractivity contribution in [3.8, 4) is 11.5 Å². The van der Waals surface area contributed by atoms with E-state index in [2.05, 4.69) is 10.1 Å². The Morgan fingerprint density at radius 1 is 1.17 bits per heavy atom. The zero-order valence-electron chi connectivity index (χ0n) is 15.3. The second-order valence-electron chi connectivity index (χ2n) is 7.51. The summed E-state index contributed by atoms with van der Waals surface area (Å²) in [5, 5.41) is 7.44. The van der Waals surface area contributed by atoms with Crippen molar-refractivity contribution in [3.63, 3.8) is 0 Å². The minimum absolute atomic E-state index is 0.195. The van der Waals surface area contributed by atoms with Gasteiger partial charge in [0.2, 0.25) is 6.79 Å². The Morgan fingerprint density at radius 3 is 2.76 bits per heavy atom. The number of rotatable bonds is 3. The van der Waals surface area contributed by atoms with E-state index < -0.39 is 0 Å². The molecule has 4 heterocycles. The lowest BCUT2D eigenvalue weighted by molar-refractivity contribution is 0.0710. The molecule has 0 radical (unpaired) electrons. The number of carbonyl (C=O) groups excluding carboxylic acids is 1. The quantitative estimate of drug-likeness (QED) is 0.592. The summed E-state index contributed by atoms with van der Waals surface area (Å²) in [4.78, 5) is 17.6. The lowest BCUT2D eigenvalue weighted by atomic mass is 9.99. The van der Waals surface area contributed by atoms with Gasteiger partial charge in [-0.1, -0.05) is 11.6 Å². The van der Waals surface area contributed by atoms with E-state index in [-0.39, 0.29) is 18.7 Å². The maximum absolute atomic E-state index is 13.1. The third-order valence-corrected chi connectivity index (χ3v) is 5.91. The molecule has 0 spiro atoms. The van der Waals surface area contributed by atoms with E-state index in [9.17, 15) is 4.79 Å². The number of hydrogen-bond acceptors (Lipinski definition) is 6. The largest absolute Gasteiger partial charge is 0.472 e. The standard InChI is InChI=1S/C21H16ClN3O4/c22-20-14(5-13-6-18-19(29-10-28-18)8-15(13)23-20)17-7-16(11-1-2-11)24-25(17)21(26)12-3-4-27-9-12/h3-6,8-9,11,17H,1-2,7,10H2. The van der Waals surface area contributed by atoms with Gasteiger partial charge in [-0.25, -0.2) is 9.99 Å². The summed E-state index contributed by atoms with van der Waals surface area (Å²) in [5.41, 5.74) is 3.00. The summed E-state index contributed by atoms with van der Waals surface area (Å²) < 4.78 is 16.0. The summed E-state index contributed by atoms with van der Waals surface area (Å²) >= 11 is 6.58. The first-order valence-corrected chi connectivity index (χ1v) is 9.88. The van der Waals surface area contributed by atoms with Crippen LogP contribution in [0.1, 0.15) is 41.2 Å². The van der Waals surface area contributed by atoms with Gasteiger partial charge in [-0.2, -0.15) is 5.10 Å². The molecular formula is C21H16ClN3O4. The molecule has 0 saturated heterocycles. The van der Waals surface area contributed by atoms with Crippen LogP contribution in [0.5, 0.6) is 11.5 Å². The van der Waals surface area contributed by atoms with E-state index in [0.717, 1.165) is 35.0 Å². The van der Waals surface area contributed by atoms with E-state index in [1.54, 1.807) is 6.07 Å². The summed E-state index contributed by atoms with van der Waals surface area (Å²) in [6.07, 6.45) is 5.81. The molecule has 7 nitrogen and oxygen atoms in total. The zero-order valence-corrected chi connectivity index (χ0v) is 16.1. The lowest BCUT2D eigenvalue weighted by Crippen LogP contribution is -2.27. The SMILES string of the molecule is O=C(c1ccoc1)N1N=C(C2CC2)CC1c1cc2cc3c(cc2nc1Cl)OCO3. The van der Waals surface area contributed by atoms with Crippen molar-refractivity contribution in [2.24, 2.45) is 11.0 Å². The molecule has 2 aromatic heterocycles. The number of amides is 1. The summed E-state index contributed by atoms with van der Waals surface area (Å²) in [5.74, 6) is 1.59. The first-order valence-electron chi connectivity index (χ1n) is 9.50. The highest BCUT2D eigenvalue weighted by molar-refractivity contribution is 6.30. The maximum atomic E-state index is 13.1. The minimum atomic E-state index is -0.303. The molecule has 1 aromatic carbocycles. The van der Waals surface area contributed by atoms with Crippen LogP contribution in [-0.2, 0) is 0 Å². The minimum Gasteiger partial charge on any atom is -0.472 e. The van der Waals surface area contributed by atoms with Gasteiger partial charge < -0.3 is 13.9 Å². The van der Waals surface area contributed by atoms with Crippen molar-refractivity contribution in [2.75, 3.05) is 6.79 Å². The molecule has 1 aliphatic carbocycles. The van der Waals surface area contributed by atoms with E-state index in [1.165, 1.54) is 17.5 Å². The summed E-state index contributed by atoms with van der Waals surface area (Å²) in [6, 6.07) is 7.03. The van der Waals surface area contributed by atoms with Gasteiger partial charge in [0.15, 0.2) is 11.5 Å². The van der Waals surface area contributed by atoms with Gasteiger partial charge in [-0.15, -0.1) is 0 Å². The molecule has 1 atom stereocenters. The fourth-order valence-corrected chi connectivity index (χ4v) is 4.21. The normalized spacial score (nSPS) is 20.4. The number of ether oxygens (including phenoxy) is 2. The zero-order chi connectivity index (χ0) is 19.5. The number of aromatic nitrogens is 1. The van der Waals surface area contributed by atoms with E-state index in [0.29, 0.717) is 34.6 Å². The molecule has 8 heteroatoms. The van der Waals surface area contributed by atoms with Gasteiger partial charge in [-0.3, -0.25) is 4.79 Å². The van der Waals surface area contributed by atoms with Crippen molar-refractivity contribution < 1.29 is 18.7 Å². The van der Waals surface area contributed by atoms with Crippen LogP contribution in [0, 0.1) is 5.92 Å². The molecule has 1 fully saturated rings.